The van der Waals surface area contributed by atoms with E-state index in [-0.39, 0.29) is 18.0 Å². The van der Waals surface area contributed by atoms with Crippen molar-refractivity contribution in [3.8, 4) is 0 Å². The second kappa shape index (κ2) is 5.47. The first-order chi connectivity index (χ1) is 9.56. The summed E-state index contributed by atoms with van der Waals surface area (Å²) in [5, 5.41) is 13.5. The first kappa shape index (κ1) is 14.0. The van der Waals surface area contributed by atoms with Crippen molar-refractivity contribution >= 4 is 21.3 Å². The van der Waals surface area contributed by atoms with Crippen LogP contribution in [0.1, 0.15) is 25.7 Å². The van der Waals surface area contributed by atoms with Crippen molar-refractivity contribution in [2.24, 2.45) is 0 Å². The predicted octanol–water partition coefficient (Wildman–Crippen LogP) is 0.0149. The Morgan fingerprint density at radius 3 is 2.65 bits per heavy atom. The van der Waals surface area contributed by atoms with Crippen molar-refractivity contribution in [2.75, 3.05) is 19.6 Å². The highest BCUT2D eigenvalue weighted by molar-refractivity contribution is 7.13. The lowest BCUT2D eigenvalue weighted by molar-refractivity contribution is -0.127. The van der Waals surface area contributed by atoms with Crippen molar-refractivity contribution in [2.45, 2.75) is 43.8 Å². The molecule has 0 aliphatic carbocycles. The maximum atomic E-state index is 12.4. The van der Waals surface area contributed by atoms with Crippen LogP contribution in [0.5, 0.6) is 0 Å². The number of hydrogen-bond donors (Lipinski definition) is 2. The van der Waals surface area contributed by atoms with E-state index in [1.54, 1.807) is 0 Å². The van der Waals surface area contributed by atoms with Gasteiger partial charge in [0.2, 0.25) is 5.91 Å². The lowest BCUT2D eigenvalue weighted by Crippen LogP contribution is -2.53. The fourth-order valence-electron chi connectivity index (χ4n) is 3.26. The summed E-state index contributed by atoms with van der Waals surface area (Å²) in [6.45, 7) is 2.36. The van der Waals surface area contributed by atoms with Gasteiger partial charge in [0, 0.05) is 25.7 Å². The summed E-state index contributed by atoms with van der Waals surface area (Å²) in [5.41, 5.74) is 0. The number of piperidine rings is 2. The number of rotatable bonds is 2. The molecular weight excluding hydrogens is 279 g/mol. The second-order valence-corrected chi connectivity index (χ2v) is 6.58. The topological polar surface area (TPSA) is 76.1 Å². The van der Waals surface area contributed by atoms with Crippen molar-refractivity contribution in [1.82, 2.24) is 20.0 Å². The quantitative estimate of drug-likeness (QED) is 0.556. The maximum Gasteiger partial charge on any atom is 0.344 e. The first-order valence-corrected chi connectivity index (χ1v) is 7.66. The highest BCUT2D eigenvalue weighted by Gasteiger charge is 2.46. The van der Waals surface area contributed by atoms with Gasteiger partial charge in [-0.2, -0.15) is 0 Å². The number of carbonyl (C=O) groups is 2. The third-order valence-electron chi connectivity index (χ3n) is 4.52. The fraction of sp³-hybridized carbons (Fsp3) is 0.833. The second-order valence-electron chi connectivity index (χ2n) is 5.85. The summed E-state index contributed by atoms with van der Waals surface area (Å²) in [5.74, 6) is -0.0747. The summed E-state index contributed by atoms with van der Waals surface area (Å²) in [6.07, 6.45) is 3.18. The van der Waals surface area contributed by atoms with Gasteiger partial charge < -0.3 is 10.2 Å². The van der Waals surface area contributed by atoms with E-state index in [2.05, 4.69) is 19.4 Å². The number of carbonyl (C=O) groups excluding carboxylic acids is 2. The number of nitrogens with zero attached hydrogens (tertiary/aromatic N) is 3. The molecule has 7 nitrogen and oxygen atoms in total. The molecule has 3 saturated heterocycles. The van der Waals surface area contributed by atoms with Gasteiger partial charge in [-0.1, -0.05) is 9.39 Å². The van der Waals surface area contributed by atoms with Crippen molar-refractivity contribution < 1.29 is 14.8 Å². The van der Waals surface area contributed by atoms with Crippen LogP contribution in [-0.4, -0.2) is 69.5 Å². The molecule has 3 fully saturated rings. The van der Waals surface area contributed by atoms with Gasteiger partial charge in [-0.3, -0.25) is 14.7 Å². The van der Waals surface area contributed by atoms with Crippen LogP contribution in [0.2, 0.25) is 0 Å². The van der Waals surface area contributed by atoms with Gasteiger partial charge in [-0.15, -0.1) is 0 Å². The van der Waals surface area contributed by atoms with E-state index in [9.17, 15) is 14.8 Å². The van der Waals surface area contributed by atoms with Gasteiger partial charge in [-0.25, -0.2) is 9.86 Å². The molecule has 8 heteroatoms. The lowest BCUT2D eigenvalue weighted by atomic mass is 9.99. The van der Waals surface area contributed by atoms with Gasteiger partial charge in [-0.05, 0) is 25.7 Å². The number of nitrogens with one attached hydrogen (secondary N) is 1. The van der Waals surface area contributed by atoms with E-state index in [4.69, 9.17) is 0 Å². The Morgan fingerprint density at radius 2 is 1.95 bits per heavy atom. The zero-order valence-electron chi connectivity index (χ0n) is 11.4. The Hall–Kier alpha value is -0.910. The van der Waals surface area contributed by atoms with Crippen LogP contribution in [-0.2, 0) is 4.79 Å². The Morgan fingerprint density at radius 1 is 1.25 bits per heavy atom. The molecule has 112 valence electrons. The molecule has 3 amide bonds. The highest BCUT2D eigenvalue weighted by Crippen LogP contribution is 2.28. The van der Waals surface area contributed by atoms with Gasteiger partial charge in [0.15, 0.2) is 0 Å². The van der Waals surface area contributed by atoms with E-state index in [0.717, 1.165) is 31.0 Å². The molecule has 3 heterocycles. The maximum absolute atomic E-state index is 12.4. The largest absolute Gasteiger partial charge is 0.351 e. The Balaban J connectivity index is 1.59. The average Bonchev–Trinajstić information content (AvgIpc) is 2.66. The minimum atomic E-state index is -0.438. The number of hydrogen-bond acceptors (Lipinski definition) is 4. The molecule has 0 radical (unpaired) electrons. The standard InChI is InChI=1S/C12H21N4O3P/c17-11(13-8-3-5-14(20)6-4-8)10-2-1-9-7-15(10)12(18)16(9)19/h8-10,19H,1-7,20H2,(H,13,17)/t9-,10+/m1/s1. The van der Waals surface area contributed by atoms with Crippen molar-refractivity contribution in [3.63, 3.8) is 0 Å². The molecule has 0 aromatic carbocycles. The molecule has 3 aliphatic rings. The summed E-state index contributed by atoms with van der Waals surface area (Å²) in [6, 6.07) is -0.816. The lowest BCUT2D eigenvalue weighted by Gasteiger charge is -2.33. The van der Waals surface area contributed by atoms with Crippen LogP contribution >= 0.6 is 9.39 Å². The molecule has 0 aromatic rings. The van der Waals surface area contributed by atoms with Crippen LogP contribution < -0.4 is 5.32 Å². The molecule has 0 spiro atoms. The Kier molecular flexibility index (Phi) is 3.84. The van der Waals surface area contributed by atoms with Crippen LogP contribution in [0.3, 0.4) is 0 Å². The number of hydroxylamine groups is 2. The van der Waals surface area contributed by atoms with E-state index < -0.39 is 12.1 Å². The smallest absolute Gasteiger partial charge is 0.344 e. The average molecular weight is 300 g/mol. The molecule has 2 N–H and O–H groups in total. The minimum Gasteiger partial charge on any atom is -0.351 e. The van der Waals surface area contributed by atoms with Gasteiger partial charge >= 0.3 is 6.03 Å². The summed E-state index contributed by atoms with van der Waals surface area (Å²) in [4.78, 5) is 25.7. The predicted molar refractivity (Wildman–Crippen MR) is 75.0 cm³/mol. The molecule has 1 unspecified atom stereocenters. The number of amides is 3. The van der Waals surface area contributed by atoms with Crippen LogP contribution in [0.25, 0.3) is 0 Å². The van der Waals surface area contributed by atoms with Crippen molar-refractivity contribution in [3.05, 3.63) is 0 Å². The van der Waals surface area contributed by atoms with E-state index >= 15 is 0 Å². The molecule has 0 aromatic heterocycles. The van der Waals surface area contributed by atoms with E-state index in [0.29, 0.717) is 19.4 Å². The fourth-order valence-corrected chi connectivity index (χ4v) is 3.56. The monoisotopic (exact) mass is 300 g/mol. The van der Waals surface area contributed by atoms with E-state index in [1.807, 2.05) is 0 Å². The molecule has 2 bridgehead atoms. The van der Waals surface area contributed by atoms with Crippen LogP contribution in [0, 0.1) is 0 Å². The van der Waals surface area contributed by atoms with E-state index in [1.165, 1.54) is 4.90 Å². The van der Waals surface area contributed by atoms with Crippen molar-refractivity contribution in [1.29, 1.82) is 0 Å². The molecule has 0 saturated carbocycles. The van der Waals surface area contributed by atoms with Crippen LogP contribution in [0.15, 0.2) is 0 Å². The number of urea groups is 1. The third kappa shape index (κ3) is 2.50. The Labute approximate surface area is 120 Å². The molecule has 3 rings (SSSR count). The highest BCUT2D eigenvalue weighted by atomic mass is 31.0. The summed E-state index contributed by atoms with van der Waals surface area (Å²) < 4.78 is 2.17. The SMILES string of the molecule is O=C(NC1CCN(P)CC1)[C@@H]1CC[C@@H]2CN1C(=O)N2O. The first-order valence-electron chi connectivity index (χ1n) is 7.15. The zero-order valence-corrected chi connectivity index (χ0v) is 12.5. The summed E-state index contributed by atoms with van der Waals surface area (Å²) in [7, 11) is 2.68. The Bertz CT molecular complexity index is 414. The van der Waals surface area contributed by atoms with Gasteiger partial charge in [0.25, 0.3) is 0 Å². The van der Waals surface area contributed by atoms with Gasteiger partial charge in [0.05, 0.1) is 6.04 Å². The zero-order chi connectivity index (χ0) is 14.3. The molecule has 20 heavy (non-hydrogen) atoms. The molecule has 3 aliphatic heterocycles. The molecular formula is C12H21N4O3P. The summed E-state index contributed by atoms with van der Waals surface area (Å²) >= 11 is 0. The minimum absolute atomic E-state index is 0.0747. The van der Waals surface area contributed by atoms with Crippen LogP contribution in [0.4, 0.5) is 4.79 Å². The molecule has 3 atom stereocenters. The normalized spacial score (nSPS) is 31.8. The third-order valence-corrected chi connectivity index (χ3v) is 5.04. The number of fused-ring (bicyclic) bond motifs is 2. The van der Waals surface area contributed by atoms with Gasteiger partial charge in [0.1, 0.15) is 6.04 Å².